The van der Waals surface area contributed by atoms with E-state index in [2.05, 4.69) is 14.8 Å². The number of amides is 1. The molecule has 0 aromatic heterocycles. The van der Waals surface area contributed by atoms with Gasteiger partial charge >= 0.3 is 11.9 Å². The van der Waals surface area contributed by atoms with Crippen LogP contribution in [0.4, 0.5) is 0 Å². The highest BCUT2D eigenvalue weighted by atomic mass is 16.5. The van der Waals surface area contributed by atoms with E-state index in [0.717, 1.165) is 16.3 Å². The van der Waals surface area contributed by atoms with Crippen molar-refractivity contribution in [3.05, 3.63) is 48.0 Å². The summed E-state index contributed by atoms with van der Waals surface area (Å²) >= 11 is 0. The maximum absolute atomic E-state index is 12.3. The van der Waals surface area contributed by atoms with Crippen molar-refractivity contribution < 1.29 is 23.9 Å². The van der Waals surface area contributed by atoms with Crippen molar-refractivity contribution in [1.82, 2.24) is 5.32 Å². The summed E-state index contributed by atoms with van der Waals surface area (Å²) in [4.78, 5) is 35.3. The van der Waals surface area contributed by atoms with Crippen LogP contribution in [0.15, 0.2) is 42.5 Å². The minimum absolute atomic E-state index is 0.0204. The van der Waals surface area contributed by atoms with Crippen LogP contribution in [0.2, 0.25) is 0 Å². The fraction of sp³-hybridized carbons (Fsp3) is 0.316. The van der Waals surface area contributed by atoms with Crippen molar-refractivity contribution in [3.63, 3.8) is 0 Å². The topological polar surface area (TPSA) is 81.7 Å². The lowest BCUT2D eigenvalue weighted by Gasteiger charge is -2.16. The predicted molar refractivity (Wildman–Crippen MR) is 92.8 cm³/mol. The summed E-state index contributed by atoms with van der Waals surface area (Å²) in [6, 6.07) is 12.8. The van der Waals surface area contributed by atoms with Gasteiger partial charge in [0.05, 0.1) is 20.6 Å². The number of rotatable bonds is 7. The molecule has 0 spiro atoms. The molecule has 2 rings (SSSR count). The molecule has 25 heavy (non-hydrogen) atoms. The molecule has 2 aromatic rings. The largest absolute Gasteiger partial charge is 0.469 e. The summed E-state index contributed by atoms with van der Waals surface area (Å²) in [5, 5.41) is 4.76. The molecule has 0 unspecified atom stereocenters. The maximum atomic E-state index is 12.3. The third kappa shape index (κ3) is 5.31. The SMILES string of the molecule is COC(=O)CC[C@@H](NC(=O)Cc1ccc2ccccc2c1)C(=O)OC. The van der Waals surface area contributed by atoms with Crippen molar-refractivity contribution in [2.75, 3.05) is 14.2 Å². The molecule has 2 aromatic carbocycles. The molecular weight excluding hydrogens is 322 g/mol. The smallest absolute Gasteiger partial charge is 0.328 e. The summed E-state index contributed by atoms with van der Waals surface area (Å²) in [5.41, 5.74) is 0.841. The number of carbonyl (C=O) groups excluding carboxylic acids is 3. The van der Waals surface area contributed by atoms with E-state index >= 15 is 0 Å². The summed E-state index contributed by atoms with van der Waals surface area (Å²) in [7, 11) is 2.51. The molecule has 0 aliphatic carbocycles. The molecular formula is C19H21NO5. The Morgan fingerprint density at radius 2 is 1.72 bits per heavy atom. The van der Waals surface area contributed by atoms with Crippen LogP contribution in [0.5, 0.6) is 0 Å². The Labute approximate surface area is 146 Å². The van der Waals surface area contributed by atoms with Crippen LogP contribution in [-0.4, -0.2) is 38.1 Å². The quantitative estimate of drug-likeness (QED) is 0.778. The third-order valence-corrected chi connectivity index (χ3v) is 3.86. The first-order valence-corrected chi connectivity index (χ1v) is 7.95. The average Bonchev–Trinajstić information content (AvgIpc) is 2.63. The molecule has 0 heterocycles. The van der Waals surface area contributed by atoms with Gasteiger partial charge in [-0.05, 0) is 22.8 Å². The minimum atomic E-state index is -0.878. The van der Waals surface area contributed by atoms with Crippen molar-refractivity contribution in [3.8, 4) is 0 Å². The number of methoxy groups -OCH3 is 2. The first-order chi connectivity index (χ1) is 12.0. The van der Waals surface area contributed by atoms with Crippen LogP contribution < -0.4 is 5.32 Å². The normalized spacial score (nSPS) is 11.6. The van der Waals surface area contributed by atoms with Gasteiger partial charge in [0.2, 0.25) is 5.91 Å². The van der Waals surface area contributed by atoms with Crippen molar-refractivity contribution >= 4 is 28.6 Å². The maximum Gasteiger partial charge on any atom is 0.328 e. The van der Waals surface area contributed by atoms with E-state index in [1.165, 1.54) is 14.2 Å². The van der Waals surface area contributed by atoms with Gasteiger partial charge in [-0.1, -0.05) is 42.5 Å². The summed E-state index contributed by atoms with van der Waals surface area (Å²) in [5.74, 6) is -1.34. The van der Waals surface area contributed by atoms with Crippen LogP contribution in [0, 0.1) is 0 Å². The van der Waals surface area contributed by atoms with Crippen molar-refractivity contribution in [2.45, 2.75) is 25.3 Å². The van der Waals surface area contributed by atoms with Crippen molar-refractivity contribution in [2.24, 2.45) is 0 Å². The number of benzene rings is 2. The van der Waals surface area contributed by atoms with Gasteiger partial charge in [0.1, 0.15) is 6.04 Å². The van der Waals surface area contributed by atoms with Crippen LogP contribution in [0.25, 0.3) is 10.8 Å². The molecule has 6 nitrogen and oxygen atoms in total. The van der Waals surface area contributed by atoms with Crippen LogP contribution in [0.1, 0.15) is 18.4 Å². The van der Waals surface area contributed by atoms with Gasteiger partial charge in [0, 0.05) is 6.42 Å². The lowest BCUT2D eigenvalue weighted by Crippen LogP contribution is -2.42. The van der Waals surface area contributed by atoms with Gasteiger partial charge in [-0.15, -0.1) is 0 Å². The van der Waals surface area contributed by atoms with E-state index in [0.29, 0.717) is 0 Å². The fourth-order valence-corrected chi connectivity index (χ4v) is 2.53. The molecule has 6 heteroatoms. The molecule has 0 saturated heterocycles. The molecule has 0 radical (unpaired) electrons. The average molecular weight is 343 g/mol. The van der Waals surface area contributed by atoms with Gasteiger partial charge in [-0.25, -0.2) is 4.79 Å². The molecule has 0 saturated carbocycles. The molecule has 1 atom stereocenters. The number of nitrogens with one attached hydrogen (secondary N) is 1. The number of hydrogen-bond acceptors (Lipinski definition) is 5. The molecule has 0 bridgehead atoms. The molecule has 132 valence electrons. The van der Waals surface area contributed by atoms with E-state index < -0.39 is 18.0 Å². The second-order valence-corrected chi connectivity index (χ2v) is 5.62. The second kappa shape index (κ2) is 8.82. The third-order valence-electron chi connectivity index (χ3n) is 3.86. The summed E-state index contributed by atoms with van der Waals surface area (Å²) in [6.45, 7) is 0. The van der Waals surface area contributed by atoms with E-state index in [9.17, 15) is 14.4 Å². The highest BCUT2D eigenvalue weighted by Crippen LogP contribution is 2.16. The van der Waals surface area contributed by atoms with Gasteiger partial charge in [0.25, 0.3) is 0 Å². The van der Waals surface area contributed by atoms with Crippen LogP contribution in [-0.2, 0) is 30.3 Å². The Hall–Kier alpha value is -2.89. The highest BCUT2D eigenvalue weighted by Gasteiger charge is 2.22. The Bertz CT molecular complexity index is 771. The molecule has 1 amide bonds. The Morgan fingerprint density at radius 1 is 1.00 bits per heavy atom. The highest BCUT2D eigenvalue weighted by molar-refractivity contribution is 5.88. The number of carbonyl (C=O) groups is 3. The van der Waals surface area contributed by atoms with Crippen LogP contribution >= 0.6 is 0 Å². The summed E-state index contributed by atoms with van der Waals surface area (Å²) < 4.78 is 9.23. The molecule has 0 aliphatic heterocycles. The second-order valence-electron chi connectivity index (χ2n) is 5.62. The minimum Gasteiger partial charge on any atom is -0.469 e. The number of fused-ring (bicyclic) bond motifs is 1. The predicted octanol–water partition coefficient (Wildman–Crippen LogP) is 1.99. The van der Waals surface area contributed by atoms with Crippen molar-refractivity contribution in [1.29, 1.82) is 0 Å². The van der Waals surface area contributed by atoms with E-state index in [1.807, 2.05) is 42.5 Å². The van der Waals surface area contributed by atoms with E-state index in [1.54, 1.807) is 0 Å². The first-order valence-electron chi connectivity index (χ1n) is 7.95. The summed E-state index contributed by atoms with van der Waals surface area (Å²) in [6.07, 6.45) is 0.284. The zero-order chi connectivity index (χ0) is 18.2. The Kier molecular flexibility index (Phi) is 6.51. The van der Waals surface area contributed by atoms with Gasteiger partial charge in [-0.2, -0.15) is 0 Å². The first kappa shape index (κ1) is 18.4. The number of hydrogen-bond donors (Lipinski definition) is 1. The fourth-order valence-electron chi connectivity index (χ4n) is 2.53. The van der Waals surface area contributed by atoms with Gasteiger partial charge in [0.15, 0.2) is 0 Å². The van der Waals surface area contributed by atoms with E-state index in [4.69, 9.17) is 0 Å². The molecule has 1 N–H and O–H groups in total. The lowest BCUT2D eigenvalue weighted by atomic mass is 10.0. The number of ether oxygens (including phenoxy) is 2. The van der Waals surface area contributed by atoms with Gasteiger partial charge < -0.3 is 14.8 Å². The zero-order valence-electron chi connectivity index (χ0n) is 14.3. The standard InChI is InChI=1S/C19H21NO5/c1-24-18(22)10-9-16(19(23)25-2)20-17(21)12-13-7-8-14-5-3-4-6-15(14)11-13/h3-8,11,16H,9-10,12H2,1-2H3,(H,20,21)/t16-/m1/s1. The molecule has 0 aliphatic rings. The molecule has 0 fully saturated rings. The van der Waals surface area contributed by atoms with Gasteiger partial charge in [-0.3, -0.25) is 9.59 Å². The number of esters is 2. The lowest BCUT2D eigenvalue weighted by molar-refractivity contribution is -0.146. The Balaban J connectivity index is 2.01. The van der Waals surface area contributed by atoms with Crippen LogP contribution in [0.3, 0.4) is 0 Å². The van der Waals surface area contributed by atoms with E-state index in [-0.39, 0.29) is 25.2 Å². The Morgan fingerprint density at radius 3 is 2.40 bits per heavy atom. The zero-order valence-corrected chi connectivity index (χ0v) is 14.3. The monoisotopic (exact) mass is 343 g/mol.